The van der Waals surface area contributed by atoms with Crippen LogP contribution in [0.5, 0.6) is 0 Å². The van der Waals surface area contributed by atoms with Crippen LogP contribution in [0.2, 0.25) is 10.0 Å². The number of hydrogen-bond acceptors (Lipinski definition) is 3. The third-order valence-electron chi connectivity index (χ3n) is 3.91. The minimum Gasteiger partial charge on any atom is -0.396 e. The second-order valence-corrected chi connectivity index (χ2v) is 7.31. The first-order valence-corrected chi connectivity index (χ1v) is 9.54. The number of nitrogens with two attached hydrogens (primary N) is 1. The molecule has 0 aliphatic carbocycles. The Kier molecular flexibility index (Phi) is 11.1. The predicted octanol–water partition coefficient (Wildman–Crippen LogP) is 4.73. The summed E-state index contributed by atoms with van der Waals surface area (Å²) in [4.78, 5) is 9.70. The average molecular weight is 412 g/mol. The molecule has 2 aromatic rings. The van der Waals surface area contributed by atoms with E-state index in [4.69, 9.17) is 28.3 Å². The number of primary amides is 1. The van der Waals surface area contributed by atoms with Crippen LogP contribution in [-0.4, -0.2) is 31.3 Å². The summed E-state index contributed by atoms with van der Waals surface area (Å²) in [5, 5.41) is 10.3. The molecule has 0 spiro atoms. The van der Waals surface area contributed by atoms with E-state index in [1.165, 1.54) is 12.7 Å². The van der Waals surface area contributed by atoms with E-state index in [0.717, 1.165) is 30.4 Å². The van der Waals surface area contributed by atoms with Crippen molar-refractivity contribution in [2.24, 2.45) is 11.7 Å². The summed E-state index contributed by atoms with van der Waals surface area (Å²) in [6, 6.07) is 14.1. The molecule has 0 bridgehead atoms. The number of rotatable bonds is 8. The molecule has 2 aromatic carbocycles. The predicted molar refractivity (Wildman–Crippen MR) is 112 cm³/mol. The smallest absolute Gasteiger partial charge is 0.243 e. The lowest BCUT2D eigenvalue weighted by Gasteiger charge is -2.08. The van der Waals surface area contributed by atoms with Gasteiger partial charge < -0.3 is 15.6 Å². The first-order chi connectivity index (χ1) is 12.8. The average Bonchev–Trinajstić information content (AvgIpc) is 2.61. The monoisotopic (exact) mass is 411 g/mol. The zero-order valence-electron chi connectivity index (χ0n) is 15.8. The topological polar surface area (TPSA) is 72.5 Å². The summed E-state index contributed by atoms with van der Waals surface area (Å²) >= 11 is 12.1. The van der Waals surface area contributed by atoms with Crippen LogP contribution in [0.4, 0.5) is 0 Å². The highest BCUT2D eigenvalue weighted by atomic mass is 35.5. The minimum absolute atomic E-state index is 0.0139. The highest BCUT2D eigenvalue weighted by Crippen LogP contribution is 2.27. The fourth-order valence-corrected chi connectivity index (χ4v) is 3.00. The van der Waals surface area contributed by atoms with E-state index in [1.807, 2.05) is 12.1 Å². The quantitative estimate of drug-likeness (QED) is 0.659. The zero-order valence-corrected chi connectivity index (χ0v) is 17.3. The molecule has 148 valence electrons. The third-order valence-corrected chi connectivity index (χ3v) is 4.35. The molecule has 1 atom stereocenters. The Morgan fingerprint density at radius 2 is 1.70 bits per heavy atom. The maximum atomic E-state index is 9.70. The van der Waals surface area contributed by atoms with E-state index in [9.17, 15) is 4.79 Å². The van der Waals surface area contributed by atoms with Crippen LogP contribution in [0.3, 0.4) is 0 Å². The molecule has 0 radical (unpaired) electrons. The van der Waals surface area contributed by atoms with Crippen LogP contribution in [0.25, 0.3) is 11.1 Å². The Morgan fingerprint density at radius 1 is 1.11 bits per heavy atom. The standard InChI is InChI=1S/C18H20Cl2O.C3H7NO2/c1-13(12-21)3-2-4-14-5-7-15(8-6-14)16-9-17(19)11-18(20)10-16;1-6-2-3(4)5/h5-11,13,21H,2-4,12H2,1H3;2H2,1H3,(H2,4,5)/t13-;/m1./s1. The lowest BCUT2D eigenvalue weighted by molar-refractivity contribution is -0.121. The van der Waals surface area contributed by atoms with Crippen molar-refractivity contribution in [3.8, 4) is 11.1 Å². The Bertz CT molecular complexity index is 685. The zero-order chi connectivity index (χ0) is 20.2. The summed E-state index contributed by atoms with van der Waals surface area (Å²) in [5.41, 5.74) is 8.11. The van der Waals surface area contributed by atoms with Crippen molar-refractivity contribution in [2.45, 2.75) is 26.2 Å². The second kappa shape index (κ2) is 12.7. The number of carbonyl (C=O) groups is 1. The van der Waals surface area contributed by atoms with Crippen molar-refractivity contribution in [3.05, 3.63) is 58.1 Å². The largest absolute Gasteiger partial charge is 0.396 e. The summed E-state index contributed by atoms with van der Waals surface area (Å²) in [5.74, 6) is -0.0459. The van der Waals surface area contributed by atoms with Crippen molar-refractivity contribution >= 4 is 29.1 Å². The maximum absolute atomic E-state index is 9.70. The van der Waals surface area contributed by atoms with Crippen molar-refractivity contribution < 1.29 is 14.6 Å². The van der Waals surface area contributed by atoms with Crippen molar-refractivity contribution in [1.82, 2.24) is 0 Å². The first-order valence-electron chi connectivity index (χ1n) is 8.79. The van der Waals surface area contributed by atoms with Gasteiger partial charge >= 0.3 is 0 Å². The van der Waals surface area contributed by atoms with Crippen LogP contribution in [0.15, 0.2) is 42.5 Å². The van der Waals surface area contributed by atoms with E-state index in [2.05, 4.69) is 41.7 Å². The molecular formula is C21H27Cl2NO3. The second-order valence-electron chi connectivity index (χ2n) is 6.43. The van der Waals surface area contributed by atoms with E-state index < -0.39 is 5.91 Å². The summed E-state index contributed by atoms with van der Waals surface area (Å²) in [7, 11) is 1.42. The molecule has 0 heterocycles. The molecule has 0 saturated carbocycles. The van der Waals surface area contributed by atoms with Gasteiger partial charge in [0.15, 0.2) is 0 Å². The lowest BCUT2D eigenvalue weighted by Crippen LogP contribution is -2.16. The molecule has 27 heavy (non-hydrogen) atoms. The Hall–Kier alpha value is -1.59. The van der Waals surface area contributed by atoms with Crippen LogP contribution in [0.1, 0.15) is 25.3 Å². The number of hydrogen-bond donors (Lipinski definition) is 2. The maximum Gasteiger partial charge on any atom is 0.243 e. The highest BCUT2D eigenvalue weighted by molar-refractivity contribution is 6.35. The van der Waals surface area contributed by atoms with Gasteiger partial charge in [0.25, 0.3) is 0 Å². The minimum atomic E-state index is -0.433. The highest BCUT2D eigenvalue weighted by Gasteiger charge is 2.03. The number of methoxy groups -OCH3 is 1. The molecule has 0 aliphatic rings. The number of carbonyl (C=O) groups excluding carboxylic acids is 1. The number of halogens is 2. The van der Waals surface area contributed by atoms with Crippen molar-refractivity contribution in [2.75, 3.05) is 20.3 Å². The van der Waals surface area contributed by atoms with Crippen LogP contribution in [0, 0.1) is 5.92 Å². The van der Waals surface area contributed by atoms with Crippen LogP contribution >= 0.6 is 23.2 Å². The summed E-state index contributed by atoms with van der Waals surface area (Å²) in [6.45, 7) is 2.36. The number of benzene rings is 2. The van der Waals surface area contributed by atoms with E-state index in [0.29, 0.717) is 16.0 Å². The van der Waals surface area contributed by atoms with Crippen LogP contribution < -0.4 is 5.73 Å². The number of aliphatic hydroxyl groups is 1. The number of ether oxygens (including phenoxy) is 1. The molecule has 2 rings (SSSR count). The first kappa shape index (κ1) is 23.4. The molecule has 0 aliphatic heterocycles. The van der Waals surface area contributed by atoms with Gasteiger partial charge in [0.1, 0.15) is 6.61 Å². The summed E-state index contributed by atoms with van der Waals surface area (Å²) < 4.78 is 4.33. The summed E-state index contributed by atoms with van der Waals surface area (Å²) in [6.07, 6.45) is 3.20. The number of aryl methyl sites for hydroxylation is 1. The fourth-order valence-electron chi connectivity index (χ4n) is 2.47. The molecule has 3 N–H and O–H groups in total. The van der Waals surface area contributed by atoms with Crippen molar-refractivity contribution in [3.63, 3.8) is 0 Å². The van der Waals surface area contributed by atoms with E-state index >= 15 is 0 Å². The van der Waals surface area contributed by atoms with Gasteiger partial charge in [0, 0.05) is 23.8 Å². The SMILES string of the molecule is COCC(N)=O.C[C@@H](CO)CCCc1ccc(-c2cc(Cl)cc(Cl)c2)cc1. The molecule has 4 nitrogen and oxygen atoms in total. The van der Waals surface area contributed by atoms with Gasteiger partial charge in [-0.3, -0.25) is 4.79 Å². The molecule has 0 aromatic heterocycles. The van der Waals surface area contributed by atoms with Gasteiger partial charge in [-0.25, -0.2) is 0 Å². The van der Waals surface area contributed by atoms with Gasteiger partial charge in [0.05, 0.1) is 0 Å². The van der Waals surface area contributed by atoms with Gasteiger partial charge in [-0.15, -0.1) is 0 Å². The number of aliphatic hydroxyl groups excluding tert-OH is 1. The molecule has 0 saturated heterocycles. The fraction of sp³-hybridized carbons (Fsp3) is 0.381. The Labute approximate surface area is 171 Å². The van der Waals surface area contributed by atoms with Gasteiger partial charge in [-0.05, 0) is 60.1 Å². The van der Waals surface area contributed by atoms with Gasteiger partial charge in [-0.2, -0.15) is 0 Å². The Balaban J connectivity index is 0.000000527. The molecule has 0 fully saturated rings. The molecule has 6 heteroatoms. The third kappa shape index (κ3) is 9.78. The van der Waals surface area contributed by atoms with Crippen molar-refractivity contribution in [1.29, 1.82) is 0 Å². The van der Waals surface area contributed by atoms with E-state index in [1.54, 1.807) is 6.07 Å². The van der Waals surface area contributed by atoms with Gasteiger partial charge in [0.2, 0.25) is 5.91 Å². The Morgan fingerprint density at radius 3 is 2.15 bits per heavy atom. The normalized spacial score (nSPS) is 11.4. The number of amides is 1. The molecule has 0 unspecified atom stereocenters. The lowest BCUT2D eigenvalue weighted by atomic mass is 9.99. The molecular weight excluding hydrogens is 385 g/mol. The van der Waals surface area contributed by atoms with Crippen LogP contribution in [-0.2, 0) is 16.0 Å². The van der Waals surface area contributed by atoms with E-state index in [-0.39, 0.29) is 13.2 Å². The van der Waals surface area contributed by atoms with Gasteiger partial charge in [-0.1, -0.05) is 54.4 Å². The molecule has 1 amide bonds.